The number of amides is 1. The lowest BCUT2D eigenvalue weighted by atomic mass is 10.0. The van der Waals surface area contributed by atoms with E-state index in [1.54, 1.807) is 18.0 Å². The van der Waals surface area contributed by atoms with Crippen LogP contribution in [0.4, 0.5) is 15.8 Å². The number of nitrogens with zero attached hydrogens (tertiary/aromatic N) is 4. The highest BCUT2D eigenvalue weighted by atomic mass is 19.1. The molecule has 8 heteroatoms. The number of nitrogens with one attached hydrogen (secondary N) is 1. The molecule has 1 aromatic heterocycles. The van der Waals surface area contributed by atoms with Crippen molar-refractivity contribution in [1.82, 2.24) is 14.8 Å². The van der Waals surface area contributed by atoms with Gasteiger partial charge in [0.2, 0.25) is 5.91 Å². The third-order valence-electron chi connectivity index (χ3n) is 6.21. The average Bonchev–Trinajstić information content (AvgIpc) is 3.20. The zero-order chi connectivity index (χ0) is 26.5. The van der Waals surface area contributed by atoms with Crippen molar-refractivity contribution in [2.24, 2.45) is 4.99 Å². The Bertz CT molecular complexity index is 1400. The fourth-order valence-corrected chi connectivity index (χ4v) is 4.07. The van der Waals surface area contributed by atoms with Crippen LogP contribution in [0.3, 0.4) is 0 Å². The number of hydrogen-bond donors (Lipinski definition) is 2. The van der Waals surface area contributed by atoms with Gasteiger partial charge in [-0.1, -0.05) is 30.3 Å². The summed E-state index contributed by atoms with van der Waals surface area (Å²) < 4.78 is 13.8. The van der Waals surface area contributed by atoms with Crippen molar-refractivity contribution in [3.8, 4) is 5.88 Å². The van der Waals surface area contributed by atoms with Crippen LogP contribution in [0.2, 0.25) is 0 Å². The van der Waals surface area contributed by atoms with Gasteiger partial charge in [0, 0.05) is 36.8 Å². The number of halogens is 1. The molecule has 0 bridgehead atoms. The Kier molecular flexibility index (Phi) is 8.01. The van der Waals surface area contributed by atoms with Crippen molar-refractivity contribution < 1.29 is 14.3 Å². The Labute approximate surface area is 216 Å². The van der Waals surface area contributed by atoms with Crippen molar-refractivity contribution in [2.45, 2.75) is 0 Å². The topological polar surface area (TPSA) is 75.2 Å². The number of aliphatic imine (C=N–C) groups is 1. The van der Waals surface area contributed by atoms with E-state index in [-0.39, 0.29) is 11.8 Å². The summed E-state index contributed by atoms with van der Waals surface area (Å²) in [5.41, 5.74) is 3.76. The molecule has 0 fully saturated rings. The van der Waals surface area contributed by atoms with Gasteiger partial charge in [0.25, 0.3) is 0 Å². The lowest BCUT2D eigenvalue weighted by Crippen LogP contribution is -2.39. The highest BCUT2D eigenvalue weighted by Crippen LogP contribution is 2.32. The molecular weight excluding hydrogens is 469 g/mol. The summed E-state index contributed by atoms with van der Waals surface area (Å²) in [5.74, 6) is -0.474. The first-order valence-corrected chi connectivity index (χ1v) is 12.1. The van der Waals surface area contributed by atoms with Gasteiger partial charge >= 0.3 is 0 Å². The minimum Gasteiger partial charge on any atom is -0.494 e. The molecule has 0 aliphatic heterocycles. The molecule has 0 atom stereocenters. The number of fused-ring (bicyclic) bond motifs is 1. The Hall–Kier alpha value is -4.01. The largest absolute Gasteiger partial charge is 0.494 e. The van der Waals surface area contributed by atoms with Crippen LogP contribution in [0.15, 0.2) is 77.8 Å². The number of H-pyrrole nitrogens is 1. The second-order valence-electron chi connectivity index (χ2n) is 9.38. The van der Waals surface area contributed by atoms with Gasteiger partial charge in [-0.3, -0.25) is 9.69 Å². The highest BCUT2D eigenvalue weighted by Gasteiger charge is 2.19. The van der Waals surface area contributed by atoms with Crippen molar-refractivity contribution in [1.29, 1.82) is 0 Å². The predicted molar refractivity (Wildman–Crippen MR) is 148 cm³/mol. The zero-order valence-corrected chi connectivity index (χ0v) is 21.6. The molecule has 3 aromatic carbocycles. The molecule has 1 amide bonds. The van der Waals surface area contributed by atoms with Crippen LogP contribution < -0.4 is 4.90 Å². The third kappa shape index (κ3) is 6.22. The monoisotopic (exact) mass is 501 g/mol. The first-order chi connectivity index (χ1) is 17.7. The van der Waals surface area contributed by atoms with E-state index >= 15 is 0 Å². The number of carbonyl (C=O) groups excluding carboxylic acids is 1. The van der Waals surface area contributed by atoms with Gasteiger partial charge in [0.1, 0.15) is 5.82 Å². The number of aromatic amines is 1. The minimum absolute atomic E-state index is 0.00145. The Balaban J connectivity index is 1.62. The Morgan fingerprint density at radius 1 is 0.946 bits per heavy atom. The molecule has 4 rings (SSSR count). The average molecular weight is 502 g/mol. The summed E-state index contributed by atoms with van der Waals surface area (Å²) in [6, 6.07) is 21.2. The molecule has 192 valence electrons. The van der Waals surface area contributed by atoms with Gasteiger partial charge in [-0.05, 0) is 63.6 Å². The van der Waals surface area contributed by atoms with Gasteiger partial charge < -0.3 is 19.9 Å². The molecule has 0 radical (unpaired) electrons. The molecule has 7 nitrogen and oxygen atoms in total. The molecule has 0 saturated heterocycles. The smallest absolute Gasteiger partial charge is 0.240 e. The minimum atomic E-state index is -0.392. The lowest BCUT2D eigenvalue weighted by Gasteiger charge is -2.23. The van der Waals surface area contributed by atoms with Crippen molar-refractivity contribution >= 4 is 33.9 Å². The van der Waals surface area contributed by atoms with E-state index in [0.717, 1.165) is 24.3 Å². The predicted octanol–water partition coefficient (Wildman–Crippen LogP) is 4.64. The molecule has 0 unspecified atom stereocenters. The van der Waals surface area contributed by atoms with Gasteiger partial charge in [-0.25, -0.2) is 9.38 Å². The number of likely N-dealkylation sites (N-methyl/N-ethyl adjacent to an activating group) is 3. The molecule has 0 aliphatic rings. The Morgan fingerprint density at radius 2 is 1.65 bits per heavy atom. The van der Waals surface area contributed by atoms with E-state index < -0.39 is 5.82 Å². The van der Waals surface area contributed by atoms with E-state index in [4.69, 9.17) is 4.99 Å². The van der Waals surface area contributed by atoms with Gasteiger partial charge in [0.05, 0.1) is 29.0 Å². The molecule has 0 aliphatic carbocycles. The van der Waals surface area contributed by atoms with E-state index in [1.165, 1.54) is 12.1 Å². The summed E-state index contributed by atoms with van der Waals surface area (Å²) in [7, 11) is 7.72. The number of hydrogen-bond acceptors (Lipinski definition) is 5. The molecule has 37 heavy (non-hydrogen) atoms. The summed E-state index contributed by atoms with van der Waals surface area (Å²) in [6.07, 6.45) is 0. The van der Waals surface area contributed by atoms with Crippen LogP contribution in [0, 0.1) is 5.82 Å². The van der Waals surface area contributed by atoms with E-state index in [0.29, 0.717) is 34.4 Å². The van der Waals surface area contributed by atoms with Crippen LogP contribution in [-0.2, 0) is 4.79 Å². The van der Waals surface area contributed by atoms with Gasteiger partial charge in [-0.2, -0.15) is 0 Å². The van der Waals surface area contributed by atoms with Crippen LogP contribution >= 0.6 is 0 Å². The first kappa shape index (κ1) is 26.1. The lowest BCUT2D eigenvalue weighted by molar-refractivity contribution is -0.119. The molecule has 0 spiro atoms. The van der Waals surface area contributed by atoms with E-state index in [1.807, 2.05) is 80.6 Å². The SMILES string of the molecule is CN(C)CCN(C)CC(=O)N(C)c1ccc(N=C(c2ccccc2)c2c(O)[nH]c3cc(F)ccc23)cc1. The van der Waals surface area contributed by atoms with Crippen LogP contribution in [0.25, 0.3) is 10.9 Å². The summed E-state index contributed by atoms with van der Waals surface area (Å²) >= 11 is 0. The normalized spacial score (nSPS) is 12.0. The van der Waals surface area contributed by atoms with E-state index in [2.05, 4.69) is 9.88 Å². The Morgan fingerprint density at radius 3 is 2.32 bits per heavy atom. The van der Waals surface area contributed by atoms with E-state index in [9.17, 15) is 14.3 Å². The van der Waals surface area contributed by atoms with Crippen molar-refractivity contribution in [3.63, 3.8) is 0 Å². The summed E-state index contributed by atoms with van der Waals surface area (Å²) in [6.45, 7) is 2.00. The van der Waals surface area contributed by atoms with Crippen LogP contribution in [0.5, 0.6) is 5.88 Å². The first-order valence-electron chi connectivity index (χ1n) is 12.1. The standard InChI is InChI=1S/C29H32FN5O2/c1-33(2)16-17-34(3)19-26(36)35(4)23-13-11-22(12-14-23)31-28(20-8-6-5-7-9-20)27-24-15-10-21(30)18-25(24)32-29(27)37/h5-15,18,32,37H,16-17,19H2,1-4H3. The molecule has 4 aromatic rings. The van der Waals surface area contributed by atoms with Gasteiger partial charge in [0.15, 0.2) is 5.88 Å². The third-order valence-corrected chi connectivity index (χ3v) is 6.21. The maximum Gasteiger partial charge on any atom is 0.240 e. The summed E-state index contributed by atoms with van der Waals surface area (Å²) in [4.78, 5) is 26.2. The molecular formula is C29H32FN5O2. The molecule has 2 N–H and O–H groups in total. The maximum atomic E-state index is 13.8. The van der Waals surface area contributed by atoms with Gasteiger partial charge in [-0.15, -0.1) is 0 Å². The number of rotatable bonds is 9. The highest BCUT2D eigenvalue weighted by molar-refractivity contribution is 6.21. The number of carbonyl (C=O) groups is 1. The number of aromatic hydroxyl groups is 1. The fraction of sp³-hybridized carbons (Fsp3) is 0.241. The zero-order valence-electron chi connectivity index (χ0n) is 21.6. The number of aromatic nitrogens is 1. The second-order valence-corrected chi connectivity index (χ2v) is 9.38. The second kappa shape index (κ2) is 11.4. The van der Waals surface area contributed by atoms with Crippen molar-refractivity contribution in [2.75, 3.05) is 52.7 Å². The molecule has 1 heterocycles. The van der Waals surface area contributed by atoms with Crippen LogP contribution in [0.1, 0.15) is 11.1 Å². The maximum absolute atomic E-state index is 13.8. The number of benzene rings is 3. The fourth-order valence-electron chi connectivity index (χ4n) is 4.07. The van der Waals surface area contributed by atoms with Crippen LogP contribution in [-0.4, -0.2) is 79.3 Å². The number of anilines is 1. The summed E-state index contributed by atoms with van der Waals surface area (Å²) in [5, 5.41) is 11.4. The molecule has 0 saturated carbocycles. The van der Waals surface area contributed by atoms with Crippen molar-refractivity contribution in [3.05, 3.63) is 89.7 Å². The quantitative estimate of drug-likeness (QED) is 0.328.